The summed E-state index contributed by atoms with van der Waals surface area (Å²) in [6.07, 6.45) is 2.73. The Hall–Kier alpha value is -3.08. The highest BCUT2D eigenvalue weighted by Crippen LogP contribution is 2.33. The maximum Gasteiger partial charge on any atom is 0.230 e. The number of fused-ring (bicyclic) bond motifs is 3. The number of hydrogen-bond acceptors (Lipinski definition) is 6. The summed E-state index contributed by atoms with van der Waals surface area (Å²) in [4.78, 5) is 21.0. The highest BCUT2D eigenvalue weighted by molar-refractivity contribution is 14.1. The van der Waals surface area contributed by atoms with Gasteiger partial charge < -0.3 is 25.8 Å². The fourth-order valence-corrected chi connectivity index (χ4v) is 4.20. The van der Waals surface area contributed by atoms with Crippen molar-refractivity contribution in [3.8, 4) is 11.5 Å². The summed E-state index contributed by atoms with van der Waals surface area (Å²) >= 11 is 2.03. The van der Waals surface area contributed by atoms with Gasteiger partial charge in [0.25, 0.3) is 0 Å². The number of unbranched alkanes of at least 4 members (excludes halogenated alkanes) is 1. The Morgan fingerprint density at radius 1 is 1.21 bits per heavy atom. The summed E-state index contributed by atoms with van der Waals surface area (Å²) in [7, 11) is 0. The molecule has 2 aromatic carbocycles. The van der Waals surface area contributed by atoms with Crippen LogP contribution >= 0.6 is 22.6 Å². The molecule has 0 fully saturated rings. The van der Waals surface area contributed by atoms with E-state index in [4.69, 9.17) is 10.7 Å². The molecule has 0 unspecified atom stereocenters. The van der Waals surface area contributed by atoms with Crippen molar-refractivity contribution >= 4 is 56.3 Å². The Morgan fingerprint density at radius 3 is 2.79 bits per heavy atom. The summed E-state index contributed by atoms with van der Waals surface area (Å²) in [5.41, 5.74) is 10.0. The standard InChI is InChI=1S/C24H26IN5O3/c1-2-3-7-19-29-21-22(30(19)13-15-5-4-6-18(31)23(15)33)16-9-8-14(12-27-20(32)11-25)10-17(16)28-24(21)26/h4-6,8-10,31,33H,2-3,7,11-13H2,1H3,(H2,26,28)(H,27,32). The number of phenols is 2. The molecular weight excluding hydrogens is 533 g/mol. The number of alkyl halides is 1. The predicted octanol–water partition coefficient (Wildman–Crippen LogP) is 4.02. The molecule has 8 nitrogen and oxygen atoms in total. The number of anilines is 1. The van der Waals surface area contributed by atoms with Crippen molar-refractivity contribution in [3.63, 3.8) is 0 Å². The van der Waals surface area contributed by atoms with Gasteiger partial charge in [-0.2, -0.15) is 0 Å². The van der Waals surface area contributed by atoms with Crippen molar-refractivity contribution in [2.24, 2.45) is 0 Å². The quantitative estimate of drug-likeness (QED) is 0.147. The molecule has 0 saturated heterocycles. The number of imidazole rings is 1. The van der Waals surface area contributed by atoms with Gasteiger partial charge in [-0.1, -0.05) is 60.2 Å². The minimum atomic E-state index is -0.156. The second kappa shape index (κ2) is 9.82. The van der Waals surface area contributed by atoms with Crippen LogP contribution in [-0.4, -0.2) is 35.1 Å². The Morgan fingerprint density at radius 2 is 2.03 bits per heavy atom. The number of nitrogens with zero attached hydrogens (tertiary/aromatic N) is 3. The van der Waals surface area contributed by atoms with Crippen LogP contribution in [0, 0.1) is 0 Å². The second-order valence-electron chi connectivity index (χ2n) is 7.96. The lowest BCUT2D eigenvalue weighted by molar-refractivity contribution is -0.118. The number of benzene rings is 2. The van der Waals surface area contributed by atoms with Gasteiger partial charge in [-0.15, -0.1) is 0 Å². The number of nitrogens with one attached hydrogen (secondary N) is 1. The van der Waals surface area contributed by atoms with Crippen LogP contribution in [0.4, 0.5) is 5.82 Å². The van der Waals surface area contributed by atoms with Crippen molar-refractivity contribution in [1.29, 1.82) is 0 Å². The Kier molecular flexibility index (Phi) is 6.87. The van der Waals surface area contributed by atoms with Crippen LogP contribution < -0.4 is 11.1 Å². The molecule has 4 aromatic rings. The lowest BCUT2D eigenvalue weighted by atomic mass is 10.1. The van der Waals surface area contributed by atoms with Crippen molar-refractivity contribution in [2.75, 3.05) is 10.2 Å². The van der Waals surface area contributed by atoms with Crippen molar-refractivity contribution in [3.05, 3.63) is 53.3 Å². The third kappa shape index (κ3) is 4.68. The van der Waals surface area contributed by atoms with Crippen LogP contribution in [0.25, 0.3) is 21.9 Å². The summed E-state index contributed by atoms with van der Waals surface area (Å²) in [5.74, 6) is 0.872. The van der Waals surface area contributed by atoms with Gasteiger partial charge in [0.05, 0.1) is 22.0 Å². The van der Waals surface area contributed by atoms with Gasteiger partial charge in [-0.25, -0.2) is 9.97 Å². The van der Waals surface area contributed by atoms with E-state index in [9.17, 15) is 15.0 Å². The molecule has 1 amide bonds. The number of hydrogen-bond donors (Lipinski definition) is 4. The average molecular weight is 559 g/mol. The average Bonchev–Trinajstić information content (AvgIpc) is 3.17. The lowest BCUT2D eigenvalue weighted by Crippen LogP contribution is -2.23. The van der Waals surface area contributed by atoms with E-state index in [1.807, 2.05) is 40.8 Å². The number of carbonyl (C=O) groups is 1. The van der Waals surface area contributed by atoms with Crippen LogP contribution in [0.2, 0.25) is 0 Å². The zero-order valence-electron chi connectivity index (χ0n) is 18.3. The van der Waals surface area contributed by atoms with Gasteiger partial charge in [-0.3, -0.25) is 4.79 Å². The number of aromatic hydroxyl groups is 2. The van der Waals surface area contributed by atoms with Crippen LogP contribution in [-0.2, 0) is 24.3 Å². The normalized spacial score (nSPS) is 11.3. The third-order valence-electron chi connectivity index (χ3n) is 5.64. The topological polar surface area (TPSA) is 126 Å². The lowest BCUT2D eigenvalue weighted by Gasteiger charge is -2.13. The van der Waals surface area contributed by atoms with E-state index in [1.54, 1.807) is 12.1 Å². The molecule has 33 heavy (non-hydrogen) atoms. The molecule has 9 heteroatoms. The molecule has 0 atom stereocenters. The molecule has 0 aliphatic rings. The van der Waals surface area contributed by atoms with E-state index >= 15 is 0 Å². The highest BCUT2D eigenvalue weighted by Gasteiger charge is 2.19. The van der Waals surface area contributed by atoms with Gasteiger partial charge in [0.1, 0.15) is 11.3 Å². The number of halogens is 1. The second-order valence-corrected chi connectivity index (χ2v) is 8.72. The number of pyridine rings is 1. The Balaban J connectivity index is 1.87. The number of rotatable bonds is 8. The van der Waals surface area contributed by atoms with E-state index in [0.29, 0.717) is 39.9 Å². The number of nitrogen functional groups attached to an aromatic ring is 1. The van der Waals surface area contributed by atoms with Crippen LogP contribution in [0.3, 0.4) is 0 Å². The van der Waals surface area contributed by atoms with Gasteiger partial charge in [0, 0.05) is 23.9 Å². The minimum absolute atomic E-state index is 0.0248. The Labute approximate surface area is 205 Å². The van der Waals surface area contributed by atoms with Gasteiger partial charge in [0.15, 0.2) is 17.3 Å². The van der Waals surface area contributed by atoms with E-state index in [0.717, 1.165) is 41.6 Å². The molecule has 4 rings (SSSR count). The maximum atomic E-state index is 11.6. The van der Waals surface area contributed by atoms with Crippen molar-refractivity contribution < 1.29 is 15.0 Å². The first-order valence-electron chi connectivity index (χ1n) is 10.8. The van der Waals surface area contributed by atoms with Gasteiger partial charge >= 0.3 is 0 Å². The molecule has 0 saturated carbocycles. The van der Waals surface area contributed by atoms with Crippen LogP contribution in [0.1, 0.15) is 36.7 Å². The monoisotopic (exact) mass is 559 g/mol. The summed E-state index contributed by atoms with van der Waals surface area (Å²) in [6.45, 7) is 2.87. The number of aryl methyl sites for hydroxylation is 1. The number of amides is 1. The van der Waals surface area contributed by atoms with Gasteiger partial charge in [0.2, 0.25) is 5.91 Å². The molecular formula is C24H26IN5O3. The minimum Gasteiger partial charge on any atom is -0.504 e. The van der Waals surface area contributed by atoms with Crippen molar-refractivity contribution in [2.45, 2.75) is 39.3 Å². The molecule has 0 aliphatic heterocycles. The molecule has 0 spiro atoms. The first-order valence-corrected chi connectivity index (χ1v) is 12.3. The van der Waals surface area contributed by atoms with Crippen LogP contribution in [0.5, 0.6) is 11.5 Å². The molecule has 0 bridgehead atoms. The van der Waals surface area contributed by atoms with E-state index in [1.165, 1.54) is 6.07 Å². The smallest absolute Gasteiger partial charge is 0.230 e. The molecule has 0 radical (unpaired) electrons. The molecule has 172 valence electrons. The van der Waals surface area contributed by atoms with E-state index in [-0.39, 0.29) is 17.4 Å². The number of aromatic nitrogens is 3. The fourth-order valence-electron chi connectivity index (χ4n) is 3.93. The highest BCUT2D eigenvalue weighted by atomic mass is 127. The number of carbonyl (C=O) groups excluding carboxylic acids is 1. The number of para-hydroxylation sites is 1. The fraction of sp³-hybridized carbons (Fsp3) is 0.292. The molecule has 5 N–H and O–H groups in total. The largest absolute Gasteiger partial charge is 0.504 e. The number of nitrogens with two attached hydrogens (primary N) is 1. The number of phenolic OH excluding ortho intramolecular Hbond substituents is 2. The van der Waals surface area contributed by atoms with Gasteiger partial charge in [-0.05, 0) is 24.1 Å². The SMILES string of the molecule is CCCCc1nc2c(N)nc3cc(CNC(=O)CI)ccc3c2n1Cc1cccc(O)c1O. The zero-order valence-corrected chi connectivity index (χ0v) is 20.5. The van der Waals surface area contributed by atoms with E-state index in [2.05, 4.69) is 21.8 Å². The van der Waals surface area contributed by atoms with Crippen molar-refractivity contribution in [1.82, 2.24) is 19.9 Å². The first kappa shape index (κ1) is 23.1. The maximum absolute atomic E-state index is 11.6. The summed E-state index contributed by atoms with van der Waals surface area (Å²) in [6, 6.07) is 10.8. The Bertz CT molecular complexity index is 1340. The molecule has 2 aromatic heterocycles. The summed E-state index contributed by atoms with van der Waals surface area (Å²) < 4.78 is 2.45. The first-order chi connectivity index (χ1) is 15.9. The van der Waals surface area contributed by atoms with Crippen LogP contribution in [0.15, 0.2) is 36.4 Å². The zero-order chi connectivity index (χ0) is 23.5. The predicted molar refractivity (Wildman–Crippen MR) is 138 cm³/mol. The third-order valence-corrected chi connectivity index (χ3v) is 6.33. The molecule has 0 aliphatic carbocycles. The van der Waals surface area contributed by atoms with E-state index < -0.39 is 0 Å². The summed E-state index contributed by atoms with van der Waals surface area (Å²) in [5, 5.41) is 24.1. The molecule has 2 heterocycles.